The Balaban J connectivity index is 2.16. The zero-order chi connectivity index (χ0) is 12.7. The number of carbonyl (C=O) groups is 1. The first kappa shape index (κ1) is 14.5. The standard InChI is InChI=1S/C13H27N3O/c1-11(10-14-3)13(17)15-7-9-16-8-5-4-6-12(16)2/h11-12,14H,4-10H2,1-3H3,(H,15,17). The Morgan fingerprint density at radius 2 is 2.24 bits per heavy atom. The fourth-order valence-electron chi connectivity index (χ4n) is 2.39. The molecule has 0 radical (unpaired) electrons. The average Bonchev–Trinajstić information content (AvgIpc) is 2.31. The first-order valence-corrected chi connectivity index (χ1v) is 6.81. The number of likely N-dealkylation sites (tertiary alicyclic amines) is 1. The van der Waals surface area contributed by atoms with Crippen LogP contribution in [0.4, 0.5) is 0 Å². The molecule has 17 heavy (non-hydrogen) atoms. The maximum absolute atomic E-state index is 11.7. The molecule has 1 rings (SSSR count). The fourth-order valence-corrected chi connectivity index (χ4v) is 2.39. The SMILES string of the molecule is CNCC(C)C(=O)NCCN1CCCCC1C. The van der Waals surface area contributed by atoms with E-state index in [0.29, 0.717) is 6.04 Å². The lowest BCUT2D eigenvalue weighted by Crippen LogP contribution is -2.43. The van der Waals surface area contributed by atoms with Crippen LogP contribution in [0.1, 0.15) is 33.1 Å². The summed E-state index contributed by atoms with van der Waals surface area (Å²) < 4.78 is 0. The Bertz CT molecular complexity index is 233. The van der Waals surface area contributed by atoms with Gasteiger partial charge in [-0.25, -0.2) is 0 Å². The van der Waals surface area contributed by atoms with Gasteiger partial charge in [0.1, 0.15) is 0 Å². The smallest absolute Gasteiger partial charge is 0.224 e. The molecular weight excluding hydrogens is 214 g/mol. The molecule has 1 heterocycles. The Morgan fingerprint density at radius 1 is 1.47 bits per heavy atom. The van der Waals surface area contributed by atoms with Gasteiger partial charge in [0.15, 0.2) is 0 Å². The molecule has 2 N–H and O–H groups in total. The van der Waals surface area contributed by atoms with Gasteiger partial charge < -0.3 is 10.6 Å². The van der Waals surface area contributed by atoms with Crippen molar-refractivity contribution in [1.82, 2.24) is 15.5 Å². The minimum Gasteiger partial charge on any atom is -0.355 e. The van der Waals surface area contributed by atoms with Crippen molar-refractivity contribution in [2.75, 3.05) is 33.2 Å². The summed E-state index contributed by atoms with van der Waals surface area (Å²) in [6.45, 7) is 7.92. The molecule has 2 atom stereocenters. The lowest BCUT2D eigenvalue weighted by molar-refractivity contribution is -0.124. The predicted octanol–water partition coefficient (Wildman–Crippen LogP) is 0.833. The second-order valence-electron chi connectivity index (χ2n) is 5.13. The van der Waals surface area contributed by atoms with Crippen molar-refractivity contribution in [3.63, 3.8) is 0 Å². The zero-order valence-electron chi connectivity index (χ0n) is 11.5. The summed E-state index contributed by atoms with van der Waals surface area (Å²) in [5, 5.41) is 6.04. The van der Waals surface area contributed by atoms with Crippen molar-refractivity contribution in [2.45, 2.75) is 39.2 Å². The van der Waals surface area contributed by atoms with Crippen molar-refractivity contribution >= 4 is 5.91 Å². The third-order valence-corrected chi connectivity index (χ3v) is 3.60. The Hall–Kier alpha value is -0.610. The molecule has 2 unspecified atom stereocenters. The Labute approximate surface area is 105 Å². The first-order chi connectivity index (χ1) is 8.15. The summed E-state index contributed by atoms with van der Waals surface area (Å²) in [6.07, 6.45) is 3.95. The van der Waals surface area contributed by atoms with Gasteiger partial charge in [-0.2, -0.15) is 0 Å². The van der Waals surface area contributed by atoms with Crippen molar-refractivity contribution in [3.8, 4) is 0 Å². The van der Waals surface area contributed by atoms with Crippen LogP contribution < -0.4 is 10.6 Å². The largest absolute Gasteiger partial charge is 0.355 e. The van der Waals surface area contributed by atoms with Gasteiger partial charge in [0.25, 0.3) is 0 Å². The number of amides is 1. The Morgan fingerprint density at radius 3 is 2.88 bits per heavy atom. The molecule has 0 aliphatic carbocycles. The van der Waals surface area contributed by atoms with E-state index in [0.717, 1.165) is 19.6 Å². The summed E-state index contributed by atoms with van der Waals surface area (Å²) in [5.74, 6) is 0.211. The van der Waals surface area contributed by atoms with Crippen LogP contribution in [-0.4, -0.2) is 50.1 Å². The van der Waals surface area contributed by atoms with Gasteiger partial charge in [-0.05, 0) is 33.4 Å². The molecule has 1 fully saturated rings. The Kier molecular flexibility index (Phi) is 6.52. The van der Waals surface area contributed by atoms with Gasteiger partial charge in [-0.15, -0.1) is 0 Å². The number of piperidine rings is 1. The number of nitrogens with zero attached hydrogens (tertiary/aromatic N) is 1. The van der Waals surface area contributed by atoms with Crippen LogP contribution in [0.25, 0.3) is 0 Å². The maximum Gasteiger partial charge on any atom is 0.224 e. The molecule has 100 valence electrons. The minimum atomic E-state index is 0.0544. The molecule has 0 spiro atoms. The molecule has 0 bridgehead atoms. The van der Waals surface area contributed by atoms with Gasteiger partial charge in [0, 0.05) is 31.6 Å². The number of rotatable bonds is 6. The molecule has 1 amide bonds. The van der Waals surface area contributed by atoms with Crippen LogP contribution in [0.5, 0.6) is 0 Å². The second-order valence-corrected chi connectivity index (χ2v) is 5.13. The lowest BCUT2D eigenvalue weighted by atomic mass is 10.0. The summed E-state index contributed by atoms with van der Waals surface area (Å²) >= 11 is 0. The first-order valence-electron chi connectivity index (χ1n) is 6.81. The van der Waals surface area contributed by atoms with Gasteiger partial charge >= 0.3 is 0 Å². The summed E-state index contributed by atoms with van der Waals surface area (Å²) in [5.41, 5.74) is 0. The van der Waals surface area contributed by atoms with Gasteiger partial charge in [-0.3, -0.25) is 9.69 Å². The fraction of sp³-hybridized carbons (Fsp3) is 0.923. The van der Waals surface area contributed by atoms with Crippen molar-refractivity contribution in [2.24, 2.45) is 5.92 Å². The molecule has 1 aliphatic heterocycles. The normalized spacial score (nSPS) is 23.4. The van der Waals surface area contributed by atoms with Crippen LogP contribution in [0.15, 0.2) is 0 Å². The van der Waals surface area contributed by atoms with E-state index < -0.39 is 0 Å². The van der Waals surface area contributed by atoms with Crippen molar-refractivity contribution in [3.05, 3.63) is 0 Å². The molecule has 1 aliphatic rings. The zero-order valence-corrected chi connectivity index (χ0v) is 11.5. The quantitative estimate of drug-likeness (QED) is 0.724. The van der Waals surface area contributed by atoms with E-state index in [1.807, 2.05) is 14.0 Å². The van der Waals surface area contributed by atoms with Crippen LogP contribution in [0.2, 0.25) is 0 Å². The van der Waals surface area contributed by atoms with E-state index in [9.17, 15) is 4.79 Å². The third-order valence-electron chi connectivity index (χ3n) is 3.60. The number of hydrogen-bond donors (Lipinski definition) is 2. The van der Waals surface area contributed by atoms with Gasteiger partial charge in [0.05, 0.1) is 0 Å². The number of carbonyl (C=O) groups excluding carboxylic acids is 1. The highest BCUT2D eigenvalue weighted by molar-refractivity contribution is 5.78. The molecule has 4 heteroatoms. The highest BCUT2D eigenvalue weighted by atomic mass is 16.1. The summed E-state index contributed by atoms with van der Waals surface area (Å²) in [4.78, 5) is 14.2. The van der Waals surface area contributed by atoms with Crippen LogP contribution in [-0.2, 0) is 4.79 Å². The number of nitrogens with one attached hydrogen (secondary N) is 2. The maximum atomic E-state index is 11.7. The van der Waals surface area contributed by atoms with Gasteiger partial charge in [-0.1, -0.05) is 13.3 Å². The molecule has 4 nitrogen and oxygen atoms in total. The number of hydrogen-bond acceptors (Lipinski definition) is 3. The van der Waals surface area contributed by atoms with Crippen LogP contribution in [0, 0.1) is 5.92 Å². The molecule has 0 aromatic carbocycles. The van der Waals surface area contributed by atoms with E-state index in [4.69, 9.17) is 0 Å². The van der Waals surface area contributed by atoms with Crippen LogP contribution >= 0.6 is 0 Å². The molecule has 1 saturated heterocycles. The van der Waals surface area contributed by atoms with E-state index in [-0.39, 0.29) is 11.8 Å². The molecular formula is C13H27N3O. The molecule has 0 aromatic rings. The highest BCUT2D eigenvalue weighted by Gasteiger charge is 2.18. The van der Waals surface area contributed by atoms with E-state index >= 15 is 0 Å². The summed E-state index contributed by atoms with van der Waals surface area (Å²) in [7, 11) is 1.87. The van der Waals surface area contributed by atoms with Crippen molar-refractivity contribution in [1.29, 1.82) is 0 Å². The predicted molar refractivity (Wildman–Crippen MR) is 71.0 cm³/mol. The molecule has 0 saturated carbocycles. The molecule has 0 aromatic heterocycles. The highest BCUT2D eigenvalue weighted by Crippen LogP contribution is 2.15. The van der Waals surface area contributed by atoms with E-state index in [2.05, 4.69) is 22.5 Å². The van der Waals surface area contributed by atoms with Crippen molar-refractivity contribution < 1.29 is 4.79 Å². The monoisotopic (exact) mass is 241 g/mol. The average molecular weight is 241 g/mol. The van der Waals surface area contributed by atoms with Crippen LogP contribution in [0.3, 0.4) is 0 Å². The lowest BCUT2D eigenvalue weighted by Gasteiger charge is -2.33. The minimum absolute atomic E-state index is 0.0544. The summed E-state index contributed by atoms with van der Waals surface area (Å²) in [6, 6.07) is 0.676. The topological polar surface area (TPSA) is 44.4 Å². The second kappa shape index (κ2) is 7.67. The van der Waals surface area contributed by atoms with E-state index in [1.54, 1.807) is 0 Å². The third kappa shape index (κ3) is 5.04. The van der Waals surface area contributed by atoms with E-state index in [1.165, 1.54) is 25.8 Å². The van der Waals surface area contributed by atoms with Gasteiger partial charge in [0.2, 0.25) is 5.91 Å².